The topological polar surface area (TPSA) is 16.4 Å². The molecule has 2 aromatic rings. The number of hydrogen-bond acceptors (Lipinski definition) is 2. The Kier molecular flexibility index (Phi) is 2.54. The van der Waals surface area contributed by atoms with E-state index in [4.69, 9.17) is 4.42 Å². The van der Waals surface area contributed by atoms with Crippen LogP contribution in [0.25, 0.3) is 0 Å². The lowest BCUT2D eigenvalue weighted by atomic mass is 10.3. The molecule has 1 heterocycles. The summed E-state index contributed by atoms with van der Waals surface area (Å²) in [6.07, 6.45) is 1.70. The largest absolute Gasteiger partial charge is 0.467 e. The van der Waals surface area contributed by atoms with Gasteiger partial charge < -0.3 is 9.32 Å². The Bertz CT molecular complexity index is 366. The molecule has 0 fully saturated rings. The van der Waals surface area contributed by atoms with Gasteiger partial charge in [-0.3, -0.25) is 0 Å². The Labute approximate surface area is 83.8 Å². The highest BCUT2D eigenvalue weighted by Gasteiger charge is 2.02. The second-order valence-corrected chi connectivity index (χ2v) is 3.27. The van der Waals surface area contributed by atoms with Gasteiger partial charge in [0.2, 0.25) is 0 Å². The highest BCUT2D eigenvalue weighted by Crippen LogP contribution is 2.14. The lowest BCUT2D eigenvalue weighted by Crippen LogP contribution is -2.15. The summed E-state index contributed by atoms with van der Waals surface area (Å²) in [4.78, 5) is 2.15. The molecule has 0 N–H and O–H groups in total. The number of nitrogens with zero attached hydrogens (tertiary/aromatic N) is 1. The zero-order valence-corrected chi connectivity index (χ0v) is 8.18. The van der Waals surface area contributed by atoms with E-state index in [0.717, 1.165) is 12.3 Å². The minimum absolute atomic E-state index is 0.803. The van der Waals surface area contributed by atoms with E-state index in [1.54, 1.807) is 6.26 Å². The van der Waals surface area contributed by atoms with Crippen LogP contribution in [0.3, 0.4) is 0 Å². The molecule has 0 unspecified atom stereocenters. The van der Waals surface area contributed by atoms with Gasteiger partial charge in [-0.15, -0.1) is 0 Å². The van der Waals surface area contributed by atoms with E-state index in [-0.39, 0.29) is 0 Å². The fourth-order valence-electron chi connectivity index (χ4n) is 1.41. The van der Waals surface area contributed by atoms with Gasteiger partial charge in [-0.05, 0) is 24.3 Å². The highest BCUT2D eigenvalue weighted by molar-refractivity contribution is 5.45. The summed E-state index contributed by atoms with van der Waals surface area (Å²) in [6, 6.07) is 14.2. The van der Waals surface area contributed by atoms with Crippen LogP contribution in [0, 0.1) is 0 Å². The quantitative estimate of drug-likeness (QED) is 0.734. The van der Waals surface area contributed by atoms with Crippen molar-refractivity contribution in [3.8, 4) is 0 Å². The number of hydrogen-bond donors (Lipinski definition) is 0. The van der Waals surface area contributed by atoms with E-state index in [9.17, 15) is 0 Å². The minimum Gasteiger partial charge on any atom is -0.467 e. The summed E-state index contributed by atoms with van der Waals surface area (Å²) >= 11 is 0. The maximum absolute atomic E-state index is 5.28. The maximum Gasteiger partial charge on any atom is 0.123 e. The third-order valence-electron chi connectivity index (χ3n) is 2.17. The van der Waals surface area contributed by atoms with Crippen molar-refractivity contribution in [2.24, 2.45) is 0 Å². The Balaban J connectivity index is 2.07. The first-order valence-corrected chi connectivity index (χ1v) is 4.65. The summed E-state index contributed by atoms with van der Waals surface area (Å²) < 4.78 is 5.28. The second kappa shape index (κ2) is 4.01. The summed E-state index contributed by atoms with van der Waals surface area (Å²) in [5, 5.41) is 0. The van der Waals surface area contributed by atoms with E-state index in [0.29, 0.717) is 0 Å². The molecule has 14 heavy (non-hydrogen) atoms. The van der Waals surface area contributed by atoms with E-state index in [1.807, 2.05) is 30.3 Å². The maximum atomic E-state index is 5.28. The van der Waals surface area contributed by atoms with Crippen LogP contribution in [-0.2, 0) is 6.54 Å². The number of para-hydroxylation sites is 1. The average molecular weight is 187 g/mol. The first-order chi connectivity index (χ1) is 6.86. The van der Waals surface area contributed by atoms with Crippen LogP contribution >= 0.6 is 0 Å². The minimum atomic E-state index is 0.803. The van der Waals surface area contributed by atoms with Crippen LogP contribution in [0.2, 0.25) is 0 Å². The van der Waals surface area contributed by atoms with Crippen LogP contribution in [0.4, 0.5) is 5.69 Å². The zero-order valence-electron chi connectivity index (χ0n) is 8.18. The van der Waals surface area contributed by atoms with Crippen molar-refractivity contribution in [1.29, 1.82) is 0 Å². The fraction of sp³-hybridized carbons (Fsp3) is 0.167. The van der Waals surface area contributed by atoms with E-state index in [1.165, 1.54) is 5.69 Å². The molecule has 1 aromatic heterocycles. The molecular formula is C12H13NO. The van der Waals surface area contributed by atoms with Gasteiger partial charge in [0.05, 0.1) is 12.8 Å². The normalized spacial score (nSPS) is 10.1. The Morgan fingerprint density at radius 3 is 2.50 bits per heavy atom. The Morgan fingerprint density at radius 1 is 1.07 bits per heavy atom. The summed E-state index contributed by atoms with van der Waals surface area (Å²) in [5.41, 5.74) is 1.20. The average Bonchev–Trinajstić information content (AvgIpc) is 2.72. The SMILES string of the molecule is CN(Cc1ccco1)c1ccccc1. The molecule has 0 aliphatic rings. The van der Waals surface area contributed by atoms with Crippen molar-refractivity contribution in [1.82, 2.24) is 0 Å². The molecule has 0 radical (unpaired) electrons. The van der Waals surface area contributed by atoms with E-state index >= 15 is 0 Å². The van der Waals surface area contributed by atoms with Gasteiger partial charge in [0.15, 0.2) is 0 Å². The van der Waals surface area contributed by atoms with Gasteiger partial charge >= 0.3 is 0 Å². The lowest BCUT2D eigenvalue weighted by Gasteiger charge is -2.17. The molecule has 0 aliphatic carbocycles. The van der Waals surface area contributed by atoms with Crippen molar-refractivity contribution in [3.05, 3.63) is 54.5 Å². The smallest absolute Gasteiger partial charge is 0.123 e. The molecule has 0 atom stereocenters. The number of anilines is 1. The first kappa shape index (κ1) is 8.88. The van der Waals surface area contributed by atoms with Crippen molar-refractivity contribution in [3.63, 3.8) is 0 Å². The van der Waals surface area contributed by atoms with Gasteiger partial charge in [0.25, 0.3) is 0 Å². The standard InChI is InChI=1S/C12H13NO/c1-13(10-12-8-5-9-14-12)11-6-3-2-4-7-11/h2-9H,10H2,1H3. The first-order valence-electron chi connectivity index (χ1n) is 4.65. The van der Waals surface area contributed by atoms with Gasteiger partial charge in [-0.1, -0.05) is 18.2 Å². The van der Waals surface area contributed by atoms with Crippen LogP contribution in [0.5, 0.6) is 0 Å². The summed E-state index contributed by atoms with van der Waals surface area (Å²) in [6.45, 7) is 0.803. The molecule has 2 rings (SSSR count). The number of rotatable bonds is 3. The molecule has 72 valence electrons. The van der Waals surface area contributed by atoms with Crippen LogP contribution in [-0.4, -0.2) is 7.05 Å². The van der Waals surface area contributed by atoms with E-state index in [2.05, 4.69) is 24.1 Å². The molecule has 2 heteroatoms. The third-order valence-corrected chi connectivity index (χ3v) is 2.17. The number of benzene rings is 1. The molecule has 0 amide bonds. The molecule has 2 nitrogen and oxygen atoms in total. The highest BCUT2D eigenvalue weighted by atomic mass is 16.3. The van der Waals surface area contributed by atoms with Crippen LogP contribution < -0.4 is 4.90 Å². The van der Waals surface area contributed by atoms with E-state index < -0.39 is 0 Å². The van der Waals surface area contributed by atoms with Crippen molar-refractivity contribution in [2.45, 2.75) is 6.54 Å². The monoisotopic (exact) mass is 187 g/mol. The summed E-state index contributed by atoms with van der Waals surface area (Å²) in [7, 11) is 2.05. The van der Waals surface area contributed by atoms with Gasteiger partial charge in [-0.2, -0.15) is 0 Å². The summed E-state index contributed by atoms with van der Waals surface area (Å²) in [5.74, 6) is 0.983. The third kappa shape index (κ3) is 1.96. The zero-order chi connectivity index (χ0) is 9.80. The molecule has 1 aromatic carbocycles. The Morgan fingerprint density at radius 2 is 1.86 bits per heavy atom. The van der Waals surface area contributed by atoms with Crippen molar-refractivity contribution in [2.75, 3.05) is 11.9 Å². The molecule has 0 aliphatic heterocycles. The second-order valence-electron chi connectivity index (χ2n) is 3.27. The van der Waals surface area contributed by atoms with Gasteiger partial charge in [0.1, 0.15) is 5.76 Å². The van der Waals surface area contributed by atoms with Crippen LogP contribution in [0.15, 0.2) is 53.1 Å². The fourth-order valence-corrected chi connectivity index (χ4v) is 1.41. The molecule has 0 saturated heterocycles. The van der Waals surface area contributed by atoms with Crippen LogP contribution in [0.1, 0.15) is 5.76 Å². The van der Waals surface area contributed by atoms with Gasteiger partial charge in [-0.25, -0.2) is 0 Å². The number of furan rings is 1. The molecule has 0 saturated carbocycles. The lowest BCUT2D eigenvalue weighted by molar-refractivity contribution is 0.507. The predicted octanol–water partition coefficient (Wildman–Crippen LogP) is 2.92. The van der Waals surface area contributed by atoms with Crippen molar-refractivity contribution < 1.29 is 4.42 Å². The van der Waals surface area contributed by atoms with Crippen molar-refractivity contribution >= 4 is 5.69 Å². The molecule has 0 spiro atoms. The van der Waals surface area contributed by atoms with Gasteiger partial charge in [0, 0.05) is 12.7 Å². The molecule has 0 bridgehead atoms. The Hall–Kier alpha value is -1.70. The molecular weight excluding hydrogens is 174 g/mol. The predicted molar refractivity (Wildman–Crippen MR) is 57.3 cm³/mol.